The maximum atomic E-state index is 10.9. The van der Waals surface area contributed by atoms with Gasteiger partial charge in [0, 0.05) is 0 Å². The van der Waals surface area contributed by atoms with Gasteiger partial charge >= 0.3 is 5.91 Å². The zero-order chi connectivity index (χ0) is 10.0. The Morgan fingerprint density at radius 1 is 1.21 bits per heavy atom. The fourth-order valence-electron chi connectivity index (χ4n) is 1.43. The van der Waals surface area contributed by atoms with Crippen LogP contribution in [-0.4, -0.2) is 18.1 Å². The minimum atomic E-state index is -1.79. The Bertz CT molecular complexity index is 332. The van der Waals surface area contributed by atoms with E-state index in [0.29, 0.717) is 5.56 Å². The molecule has 1 aromatic carbocycles. The van der Waals surface area contributed by atoms with Crippen molar-refractivity contribution in [2.75, 3.05) is 13.2 Å². The Kier molecular flexibility index (Phi) is 2.18. The van der Waals surface area contributed by atoms with Crippen molar-refractivity contribution in [2.24, 2.45) is 0 Å². The molecule has 0 aromatic heterocycles. The summed E-state index contributed by atoms with van der Waals surface area (Å²) in [6, 6.07) is 8.45. The van der Waals surface area contributed by atoms with E-state index in [2.05, 4.69) is 0 Å². The third kappa shape index (κ3) is 1.26. The molecule has 5 heteroatoms. The van der Waals surface area contributed by atoms with Crippen molar-refractivity contribution in [1.82, 2.24) is 0 Å². The summed E-state index contributed by atoms with van der Waals surface area (Å²) in [5.41, 5.74) is 0.419. The Morgan fingerprint density at radius 3 is 2.29 bits per heavy atom. The number of nitro groups is 1. The summed E-state index contributed by atoms with van der Waals surface area (Å²) < 4.78 is 10.1. The average Bonchev–Trinajstić information content (AvgIpc) is 2.69. The van der Waals surface area contributed by atoms with Gasteiger partial charge in [-0.25, -0.2) is 0 Å². The summed E-state index contributed by atoms with van der Waals surface area (Å²) in [5, 5.41) is 10.9. The molecule has 0 spiro atoms. The predicted octanol–water partition coefficient (Wildman–Crippen LogP) is 1.12. The Morgan fingerprint density at radius 2 is 1.79 bits per heavy atom. The lowest BCUT2D eigenvalue weighted by atomic mass is 10.2. The SMILES string of the molecule is O=[N+]([O-])C1(c2ccccc2)OCCO1. The van der Waals surface area contributed by atoms with Gasteiger partial charge in [0.05, 0.1) is 23.7 Å². The monoisotopic (exact) mass is 195 g/mol. The Labute approximate surface area is 80.4 Å². The quantitative estimate of drug-likeness (QED) is 0.524. The van der Waals surface area contributed by atoms with Gasteiger partial charge in [-0.2, -0.15) is 0 Å². The van der Waals surface area contributed by atoms with E-state index in [0.717, 1.165) is 0 Å². The highest BCUT2D eigenvalue weighted by molar-refractivity contribution is 5.18. The molecule has 2 rings (SSSR count). The van der Waals surface area contributed by atoms with Crippen molar-refractivity contribution in [3.05, 3.63) is 46.0 Å². The number of hydrogen-bond acceptors (Lipinski definition) is 4. The molecule has 0 saturated carbocycles. The number of hydrogen-bond donors (Lipinski definition) is 0. The highest BCUT2D eigenvalue weighted by atomic mass is 16.8. The van der Waals surface area contributed by atoms with Crippen LogP contribution in [0.2, 0.25) is 0 Å². The van der Waals surface area contributed by atoms with Crippen LogP contribution in [0.5, 0.6) is 0 Å². The average molecular weight is 195 g/mol. The zero-order valence-corrected chi connectivity index (χ0v) is 7.38. The fourth-order valence-corrected chi connectivity index (χ4v) is 1.43. The van der Waals surface area contributed by atoms with Gasteiger partial charge in [0.1, 0.15) is 0 Å². The summed E-state index contributed by atoms with van der Waals surface area (Å²) in [5.74, 6) is -1.79. The van der Waals surface area contributed by atoms with Crippen molar-refractivity contribution in [1.29, 1.82) is 0 Å². The molecule has 1 saturated heterocycles. The minimum absolute atomic E-state index is 0.246. The number of ether oxygens (including phenoxy) is 2. The number of nitrogens with zero attached hydrogens (tertiary/aromatic N) is 1. The van der Waals surface area contributed by atoms with Crippen LogP contribution in [0.25, 0.3) is 0 Å². The number of rotatable bonds is 2. The molecular weight excluding hydrogens is 186 g/mol. The maximum absolute atomic E-state index is 10.9. The first kappa shape index (κ1) is 9.11. The Hall–Kier alpha value is -1.46. The van der Waals surface area contributed by atoms with Crippen LogP contribution in [0.1, 0.15) is 5.56 Å². The van der Waals surface area contributed by atoms with E-state index in [1.165, 1.54) is 0 Å². The van der Waals surface area contributed by atoms with Gasteiger partial charge in [0.15, 0.2) is 0 Å². The van der Waals surface area contributed by atoms with Gasteiger partial charge in [-0.1, -0.05) is 18.2 Å². The molecule has 1 aromatic rings. The first-order chi connectivity index (χ1) is 6.76. The van der Waals surface area contributed by atoms with E-state index in [-0.39, 0.29) is 13.2 Å². The van der Waals surface area contributed by atoms with Gasteiger partial charge in [-0.05, 0) is 12.1 Å². The standard InChI is InChI=1S/C9H9NO4/c11-10(12)9(13-6-7-14-9)8-4-2-1-3-5-8/h1-5H,6-7H2. The summed E-state index contributed by atoms with van der Waals surface area (Å²) in [6.45, 7) is 0.492. The number of benzene rings is 1. The highest BCUT2D eigenvalue weighted by Crippen LogP contribution is 2.31. The van der Waals surface area contributed by atoms with E-state index >= 15 is 0 Å². The maximum Gasteiger partial charge on any atom is 0.470 e. The van der Waals surface area contributed by atoms with Crippen molar-refractivity contribution in [3.8, 4) is 0 Å². The van der Waals surface area contributed by atoms with Crippen LogP contribution in [0.4, 0.5) is 0 Å². The molecule has 5 nitrogen and oxygen atoms in total. The van der Waals surface area contributed by atoms with Gasteiger partial charge < -0.3 is 0 Å². The molecule has 74 valence electrons. The highest BCUT2D eigenvalue weighted by Gasteiger charge is 2.51. The largest absolute Gasteiger partial charge is 0.470 e. The van der Waals surface area contributed by atoms with Crippen molar-refractivity contribution in [3.63, 3.8) is 0 Å². The zero-order valence-electron chi connectivity index (χ0n) is 7.38. The van der Waals surface area contributed by atoms with Gasteiger partial charge in [-0.3, -0.25) is 19.6 Å². The minimum Gasteiger partial charge on any atom is -0.284 e. The topological polar surface area (TPSA) is 61.6 Å². The molecule has 1 heterocycles. The van der Waals surface area contributed by atoms with Crippen LogP contribution in [-0.2, 0) is 15.4 Å². The van der Waals surface area contributed by atoms with Crippen LogP contribution < -0.4 is 0 Å². The summed E-state index contributed by atoms with van der Waals surface area (Å²) >= 11 is 0. The molecule has 0 N–H and O–H groups in total. The molecule has 14 heavy (non-hydrogen) atoms. The van der Waals surface area contributed by atoms with E-state index in [1.807, 2.05) is 0 Å². The molecule has 0 radical (unpaired) electrons. The molecule has 1 fully saturated rings. The lowest BCUT2D eigenvalue weighted by molar-refractivity contribution is -0.690. The molecule has 1 aliphatic rings. The first-order valence-corrected chi connectivity index (χ1v) is 4.24. The summed E-state index contributed by atoms with van der Waals surface area (Å²) in [4.78, 5) is 10.3. The molecule has 0 amide bonds. The normalized spacial score (nSPS) is 19.4. The Balaban J connectivity index is 2.42. The first-order valence-electron chi connectivity index (χ1n) is 4.24. The van der Waals surface area contributed by atoms with Crippen molar-refractivity contribution in [2.45, 2.75) is 5.91 Å². The van der Waals surface area contributed by atoms with Gasteiger partial charge in [0.2, 0.25) is 0 Å². The molecule has 0 aliphatic carbocycles. The van der Waals surface area contributed by atoms with Crippen molar-refractivity contribution < 1.29 is 14.4 Å². The fraction of sp³-hybridized carbons (Fsp3) is 0.333. The van der Waals surface area contributed by atoms with Gasteiger partial charge in [0.25, 0.3) is 0 Å². The van der Waals surface area contributed by atoms with E-state index in [4.69, 9.17) is 9.47 Å². The lowest BCUT2D eigenvalue weighted by Crippen LogP contribution is -2.36. The lowest BCUT2D eigenvalue weighted by Gasteiger charge is -2.17. The van der Waals surface area contributed by atoms with Crippen LogP contribution in [0.3, 0.4) is 0 Å². The van der Waals surface area contributed by atoms with Crippen LogP contribution >= 0.6 is 0 Å². The van der Waals surface area contributed by atoms with E-state index in [9.17, 15) is 10.1 Å². The third-order valence-corrected chi connectivity index (χ3v) is 2.06. The summed E-state index contributed by atoms with van der Waals surface area (Å²) in [6.07, 6.45) is 0. The smallest absolute Gasteiger partial charge is 0.284 e. The second-order valence-electron chi connectivity index (χ2n) is 2.90. The molecule has 1 aliphatic heterocycles. The molecular formula is C9H9NO4. The van der Waals surface area contributed by atoms with Crippen molar-refractivity contribution >= 4 is 0 Å². The summed E-state index contributed by atoms with van der Waals surface area (Å²) in [7, 11) is 0. The third-order valence-electron chi connectivity index (χ3n) is 2.06. The van der Waals surface area contributed by atoms with Crippen LogP contribution in [0.15, 0.2) is 30.3 Å². The second kappa shape index (κ2) is 3.36. The van der Waals surface area contributed by atoms with E-state index in [1.54, 1.807) is 30.3 Å². The molecule has 0 unspecified atom stereocenters. The second-order valence-corrected chi connectivity index (χ2v) is 2.90. The van der Waals surface area contributed by atoms with E-state index < -0.39 is 10.8 Å². The van der Waals surface area contributed by atoms with Crippen LogP contribution in [0, 0.1) is 10.1 Å². The molecule has 0 bridgehead atoms. The van der Waals surface area contributed by atoms with Gasteiger partial charge in [-0.15, -0.1) is 0 Å². The molecule has 0 atom stereocenters. The predicted molar refractivity (Wildman–Crippen MR) is 47.0 cm³/mol.